The van der Waals surface area contributed by atoms with E-state index in [9.17, 15) is 9.59 Å². The SMILES string of the molecule is COc1cc(C=CC(=O)OCC(=O)C(C)(C)C)ccc1OCC#N. The van der Waals surface area contributed by atoms with Crippen LogP contribution in [-0.2, 0) is 14.3 Å². The van der Waals surface area contributed by atoms with Gasteiger partial charge in [0.2, 0.25) is 0 Å². The van der Waals surface area contributed by atoms with Crippen LogP contribution in [0.3, 0.4) is 0 Å². The van der Waals surface area contributed by atoms with E-state index in [1.54, 1.807) is 45.0 Å². The van der Waals surface area contributed by atoms with Gasteiger partial charge in [-0.15, -0.1) is 0 Å². The van der Waals surface area contributed by atoms with Crippen molar-refractivity contribution >= 4 is 17.8 Å². The summed E-state index contributed by atoms with van der Waals surface area (Å²) in [6.45, 7) is 4.96. The molecule has 0 N–H and O–H groups in total. The van der Waals surface area contributed by atoms with Crippen molar-refractivity contribution in [1.82, 2.24) is 0 Å². The molecule has 0 heterocycles. The van der Waals surface area contributed by atoms with Crippen molar-refractivity contribution in [1.29, 1.82) is 5.26 Å². The van der Waals surface area contributed by atoms with Crippen LogP contribution in [0.5, 0.6) is 11.5 Å². The Morgan fingerprint density at radius 1 is 1.25 bits per heavy atom. The van der Waals surface area contributed by atoms with Crippen molar-refractivity contribution in [3.05, 3.63) is 29.8 Å². The van der Waals surface area contributed by atoms with E-state index >= 15 is 0 Å². The molecule has 0 aliphatic heterocycles. The normalized spacial score (nSPS) is 11.0. The molecule has 6 nitrogen and oxygen atoms in total. The molecule has 0 atom stereocenters. The first-order chi connectivity index (χ1) is 11.3. The van der Waals surface area contributed by atoms with Gasteiger partial charge in [-0.2, -0.15) is 5.26 Å². The maximum Gasteiger partial charge on any atom is 0.331 e. The van der Waals surface area contributed by atoms with Crippen molar-refractivity contribution in [2.45, 2.75) is 20.8 Å². The molecule has 6 heteroatoms. The maximum atomic E-state index is 11.7. The van der Waals surface area contributed by atoms with Crippen molar-refractivity contribution < 1.29 is 23.8 Å². The number of carbonyl (C=O) groups is 2. The van der Waals surface area contributed by atoms with Gasteiger partial charge in [-0.25, -0.2) is 4.79 Å². The average molecular weight is 331 g/mol. The maximum absolute atomic E-state index is 11.7. The predicted molar refractivity (Wildman–Crippen MR) is 88.6 cm³/mol. The number of ether oxygens (including phenoxy) is 3. The van der Waals surface area contributed by atoms with Crippen LogP contribution in [0.15, 0.2) is 24.3 Å². The molecule has 0 aliphatic carbocycles. The van der Waals surface area contributed by atoms with Crippen LogP contribution in [0.1, 0.15) is 26.3 Å². The number of carbonyl (C=O) groups excluding carboxylic acids is 2. The van der Waals surface area contributed by atoms with Gasteiger partial charge in [-0.05, 0) is 23.8 Å². The van der Waals surface area contributed by atoms with E-state index in [-0.39, 0.29) is 19.0 Å². The Morgan fingerprint density at radius 2 is 1.96 bits per heavy atom. The molecule has 0 unspecified atom stereocenters. The monoisotopic (exact) mass is 331 g/mol. The van der Waals surface area contributed by atoms with E-state index in [1.165, 1.54) is 13.2 Å². The number of rotatable bonds is 7. The van der Waals surface area contributed by atoms with Gasteiger partial charge in [-0.1, -0.05) is 26.8 Å². The molecule has 0 bridgehead atoms. The largest absolute Gasteiger partial charge is 0.493 e. The average Bonchev–Trinajstić information content (AvgIpc) is 2.55. The van der Waals surface area contributed by atoms with Crippen LogP contribution < -0.4 is 9.47 Å². The molecule has 0 spiro atoms. The van der Waals surface area contributed by atoms with Crippen LogP contribution in [0.25, 0.3) is 6.08 Å². The zero-order chi connectivity index (χ0) is 18.2. The number of hydrogen-bond acceptors (Lipinski definition) is 6. The second-order valence-electron chi connectivity index (χ2n) is 5.97. The van der Waals surface area contributed by atoms with Gasteiger partial charge in [0.15, 0.2) is 30.5 Å². The fraction of sp³-hybridized carbons (Fsp3) is 0.389. The fourth-order valence-corrected chi connectivity index (χ4v) is 1.58. The van der Waals surface area contributed by atoms with E-state index in [1.807, 2.05) is 6.07 Å². The third-order valence-electron chi connectivity index (χ3n) is 3.07. The Labute approximate surface area is 141 Å². The van der Waals surface area contributed by atoms with Gasteiger partial charge in [-0.3, -0.25) is 4.79 Å². The van der Waals surface area contributed by atoms with Gasteiger partial charge in [0, 0.05) is 11.5 Å². The van der Waals surface area contributed by atoms with Crippen LogP contribution in [0.2, 0.25) is 0 Å². The Balaban J connectivity index is 2.68. The highest BCUT2D eigenvalue weighted by atomic mass is 16.5. The summed E-state index contributed by atoms with van der Waals surface area (Å²) in [5.74, 6) is 0.138. The van der Waals surface area contributed by atoms with E-state index in [4.69, 9.17) is 19.5 Å². The summed E-state index contributed by atoms with van der Waals surface area (Å²) in [4.78, 5) is 23.4. The number of ketones is 1. The number of nitriles is 1. The highest BCUT2D eigenvalue weighted by Crippen LogP contribution is 2.28. The molecule has 128 valence electrons. The highest BCUT2D eigenvalue weighted by molar-refractivity contribution is 5.91. The van der Waals surface area contributed by atoms with Gasteiger partial charge >= 0.3 is 5.97 Å². The Morgan fingerprint density at radius 3 is 2.54 bits per heavy atom. The van der Waals surface area contributed by atoms with Crippen molar-refractivity contribution in [3.8, 4) is 17.6 Å². The molecule has 1 rings (SSSR count). The third kappa shape index (κ3) is 6.13. The first-order valence-corrected chi connectivity index (χ1v) is 7.34. The Bertz CT molecular complexity index is 665. The summed E-state index contributed by atoms with van der Waals surface area (Å²) in [6, 6.07) is 6.89. The molecule has 1 aromatic carbocycles. The van der Waals surface area contributed by atoms with Crippen LogP contribution in [0.4, 0.5) is 0 Å². The summed E-state index contributed by atoms with van der Waals surface area (Å²) in [7, 11) is 1.48. The Kier molecular flexibility index (Phi) is 6.99. The van der Waals surface area contributed by atoms with Crippen LogP contribution in [0, 0.1) is 16.7 Å². The topological polar surface area (TPSA) is 85.6 Å². The highest BCUT2D eigenvalue weighted by Gasteiger charge is 2.21. The molecule has 0 radical (unpaired) electrons. The van der Waals surface area contributed by atoms with Gasteiger partial charge in [0.05, 0.1) is 7.11 Å². The van der Waals surface area contributed by atoms with Crippen molar-refractivity contribution in [2.24, 2.45) is 5.41 Å². The minimum absolute atomic E-state index is 0.0837. The second-order valence-corrected chi connectivity index (χ2v) is 5.97. The molecule has 0 saturated heterocycles. The van der Waals surface area contributed by atoms with E-state index in [2.05, 4.69) is 0 Å². The first kappa shape index (κ1) is 19.2. The van der Waals surface area contributed by atoms with Crippen molar-refractivity contribution in [2.75, 3.05) is 20.3 Å². The molecule has 1 aromatic rings. The lowest BCUT2D eigenvalue weighted by molar-refractivity contribution is -0.145. The molecule has 0 saturated carbocycles. The summed E-state index contributed by atoms with van der Waals surface area (Å²) in [5.41, 5.74) is 0.145. The standard InChI is InChI=1S/C18H21NO5/c1-18(2,3)16(20)12-24-17(21)8-6-13-5-7-14(23-10-9-19)15(11-13)22-4/h5-8,11H,10,12H2,1-4H3. The van der Waals surface area contributed by atoms with E-state index in [0.717, 1.165) is 0 Å². The van der Waals surface area contributed by atoms with Crippen LogP contribution >= 0.6 is 0 Å². The number of hydrogen-bond donors (Lipinski definition) is 0. The first-order valence-electron chi connectivity index (χ1n) is 7.34. The summed E-state index contributed by atoms with van der Waals surface area (Å²) >= 11 is 0. The van der Waals surface area contributed by atoms with E-state index < -0.39 is 11.4 Å². The van der Waals surface area contributed by atoms with Crippen LogP contribution in [-0.4, -0.2) is 32.1 Å². The predicted octanol–water partition coefficient (Wildman–Crippen LogP) is 2.77. The summed E-state index contributed by atoms with van der Waals surface area (Å²) in [5, 5.41) is 8.53. The lowest BCUT2D eigenvalue weighted by atomic mass is 9.91. The minimum atomic E-state index is -0.601. The van der Waals surface area contributed by atoms with Gasteiger partial charge < -0.3 is 14.2 Å². The smallest absolute Gasteiger partial charge is 0.331 e. The fourth-order valence-electron chi connectivity index (χ4n) is 1.58. The molecule has 0 fully saturated rings. The second kappa shape index (κ2) is 8.73. The molecular weight excluding hydrogens is 310 g/mol. The Hall–Kier alpha value is -2.81. The quantitative estimate of drug-likeness (QED) is 0.564. The zero-order valence-electron chi connectivity index (χ0n) is 14.3. The molecule has 0 aliphatic rings. The number of nitrogens with zero attached hydrogens (tertiary/aromatic N) is 1. The lowest BCUT2D eigenvalue weighted by Crippen LogP contribution is -2.25. The molecule has 0 aromatic heterocycles. The van der Waals surface area contributed by atoms with Gasteiger partial charge in [0.1, 0.15) is 6.07 Å². The zero-order valence-corrected chi connectivity index (χ0v) is 14.3. The number of methoxy groups -OCH3 is 1. The molecule has 24 heavy (non-hydrogen) atoms. The number of benzene rings is 1. The van der Waals surface area contributed by atoms with Gasteiger partial charge in [0.25, 0.3) is 0 Å². The molecular formula is C18H21NO5. The molecule has 0 amide bonds. The lowest BCUT2D eigenvalue weighted by Gasteiger charge is -2.15. The number of esters is 1. The third-order valence-corrected chi connectivity index (χ3v) is 3.07. The summed E-state index contributed by atoms with van der Waals surface area (Å²) < 4.78 is 15.3. The van der Waals surface area contributed by atoms with E-state index in [0.29, 0.717) is 17.1 Å². The van der Waals surface area contributed by atoms with Crippen molar-refractivity contribution in [3.63, 3.8) is 0 Å². The number of Topliss-reactive ketones (excluding diaryl/α,β-unsaturated/α-hetero) is 1. The summed E-state index contributed by atoms with van der Waals surface area (Å²) in [6.07, 6.45) is 2.78. The minimum Gasteiger partial charge on any atom is -0.493 e.